The summed E-state index contributed by atoms with van der Waals surface area (Å²) in [6, 6.07) is 2.39. The lowest BCUT2D eigenvalue weighted by Crippen LogP contribution is -2.46. The molecular weight excluding hydrogens is 446 g/mol. The molecule has 1 saturated carbocycles. The average molecular weight is 488 g/mol. The number of aliphatic hydroxyl groups is 1. The molecule has 2 N–H and O–H groups in total. The molecule has 9 nitrogen and oxygen atoms in total. The maximum absolute atomic E-state index is 10.9. The zero-order valence-corrected chi connectivity index (χ0v) is 20.8. The standard InChI is InChI=1S/C26H41N5O4/c32-22-20(33-24-23(22)34-26(35-24)11-4-3-5-12-26)18-30-16-9-19(10-17-30)28-25-27-13-8-21(29-25)31-14-6-1-2-7-15-31/h8,13,19-20,22-24,32H,1-7,9-12,14-18H2,(H,27,28,29)/t20-,22+,23-,24-/m1/s1. The Morgan fingerprint density at radius 2 is 1.71 bits per heavy atom. The topological polar surface area (TPSA) is 92.2 Å². The fourth-order valence-electron chi connectivity index (χ4n) is 6.48. The van der Waals surface area contributed by atoms with Gasteiger partial charge >= 0.3 is 0 Å². The minimum Gasteiger partial charge on any atom is -0.387 e. The van der Waals surface area contributed by atoms with Crippen molar-refractivity contribution in [2.24, 2.45) is 0 Å². The summed E-state index contributed by atoms with van der Waals surface area (Å²) < 4.78 is 18.6. The van der Waals surface area contributed by atoms with Crippen molar-refractivity contribution in [1.82, 2.24) is 14.9 Å². The molecule has 1 aliphatic carbocycles. The molecular formula is C26H41N5O4. The molecule has 1 aromatic heterocycles. The highest BCUT2D eigenvalue weighted by Gasteiger charge is 2.57. The fraction of sp³-hybridized carbons (Fsp3) is 0.846. The van der Waals surface area contributed by atoms with E-state index in [0.29, 0.717) is 12.6 Å². The summed E-state index contributed by atoms with van der Waals surface area (Å²) in [6.07, 6.45) is 12.6. The Balaban J connectivity index is 0.970. The second kappa shape index (κ2) is 10.5. The zero-order chi connectivity index (χ0) is 23.7. The number of ether oxygens (including phenoxy) is 3. The van der Waals surface area contributed by atoms with Crippen LogP contribution in [0.3, 0.4) is 0 Å². The summed E-state index contributed by atoms with van der Waals surface area (Å²) in [5.74, 6) is 1.26. The van der Waals surface area contributed by atoms with E-state index < -0.39 is 18.2 Å². The summed E-state index contributed by atoms with van der Waals surface area (Å²) in [5, 5.41) is 14.5. The normalized spacial score (nSPS) is 34.1. The molecule has 9 heteroatoms. The van der Waals surface area contributed by atoms with Crippen LogP contribution in [0.25, 0.3) is 0 Å². The molecule has 1 spiro atoms. The Kier molecular flexibility index (Phi) is 7.13. The summed E-state index contributed by atoms with van der Waals surface area (Å²) in [5.41, 5.74) is 0. The monoisotopic (exact) mass is 487 g/mol. The van der Waals surface area contributed by atoms with Crippen molar-refractivity contribution in [2.45, 2.75) is 107 Å². The molecule has 0 unspecified atom stereocenters. The molecule has 6 rings (SSSR count). The molecule has 0 aromatic carbocycles. The second-order valence-corrected chi connectivity index (χ2v) is 11.1. The molecule has 0 amide bonds. The first-order valence-corrected chi connectivity index (χ1v) is 13.9. The van der Waals surface area contributed by atoms with Gasteiger partial charge in [0.1, 0.15) is 24.1 Å². The molecule has 5 fully saturated rings. The highest BCUT2D eigenvalue weighted by molar-refractivity contribution is 5.43. The van der Waals surface area contributed by atoms with E-state index in [0.717, 1.165) is 76.5 Å². The minimum atomic E-state index is -0.632. The maximum Gasteiger partial charge on any atom is 0.224 e. The predicted octanol–water partition coefficient (Wildman–Crippen LogP) is 2.89. The van der Waals surface area contributed by atoms with Gasteiger partial charge in [0.15, 0.2) is 12.1 Å². The third kappa shape index (κ3) is 5.30. The third-order valence-corrected chi connectivity index (χ3v) is 8.52. The van der Waals surface area contributed by atoms with Gasteiger partial charge in [-0.2, -0.15) is 4.98 Å². The van der Waals surface area contributed by atoms with E-state index in [2.05, 4.69) is 20.1 Å². The molecule has 194 valence electrons. The van der Waals surface area contributed by atoms with Gasteiger partial charge < -0.3 is 34.4 Å². The lowest BCUT2D eigenvalue weighted by molar-refractivity contribution is -0.246. The van der Waals surface area contributed by atoms with E-state index in [1.54, 1.807) is 0 Å². The van der Waals surface area contributed by atoms with E-state index in [1.165, 1.54) is 32.1 Å². The molecule has 0 radical (unpaired) electrons. The first kappa shape index (κ1) is 23.9. The molecule has 5 heterocycles. The zero-order valence-electron chi connectivity index (χ0n) is 20.8. The van der Waals surface area contributed by atoms with Crippen LogP contribution in [0.1, 0.15) is 70.6 Å². The van der Waals surface area contributed by atoms with Gasteiger partial charge in [-0.3, -0.25) is 0 Å². The first-order chi connectivity index (χ1) is 17.2. The van der Waals surface area contributed by atoms with Crippen LogP contribution in [-0.4, -0.2) is 89.1 Å². The number of hydrogen-bond acceptors (Lipinski definition) is 9. The number of nitrogens with one attached hydrogen (secondary N) is 1. The summed E-state index contributed by atoms with van der Waals surface area (Å²) in [4.78, 5) is 14.1. The van der Waals surface area contributed by atoms with Gasteiger partial charge in [0, 0.05) is 57.8 Å². The van der Waals surface area contributed by atoms with Gasteiger partial charge in [-0.25, -0.2) is 4.98 Å². The molecule has 35 heavy (non-hydrogen) atoms. The van der Waals surface area contributed by atoms with E-state index in [-0.39, 0.29) is 12.2 Å². The average Bonchev–Trinajstić information content (AvgIpc) is 3.20. The Morgan fingerprint density at radius 1 is 0.971 bits per heavy atom. The number of likely N-dealkylation sites (tertiary alicyclic amines) is 1. The summed E-state index contributed by atoms with van der Waals surface area (Å²) in [7, 11) is 0. The number of fused-ring (bicyclic) bond motifs is 1. The fourth-order valence-corrected chi connectivity index (χ4v) is 6.48. The number of nitrogens with zero attached hydrogens (tertiary/aromatic N) is 4. The van der Waals surface area contributed by atoms with E-state index >= 15 is 0 Å². The third-order valence-electron chi connectivity index (χ3n) is 8.52. The van der Waals surface area contributed by atoms with Crippen LogP contribution in [0.2, 0.25) is 0 Å². The maximum atomic E-state index is 10.9. The molecule has 4 aliphatic heterocycles. The van der Waals surface area contributed by atoms with Gasteiger partial charge in [-0.15, -0.1) is 0 Å². The Bertz CT molecular complexity index is 837. The van der Waals surface area contributed by atoms with Crippen LogP contribution in [0, 0.1) is 0 Å². The highest BCUT2D eigenvalue weighted by Crippen LogP contribution is 2.45. The summed E-state index contributed by atoms with van der Waals surface area (Å²) in [6.45, 7) is 4.79. The minimum absolute atomic E-state index is 0.260. The molecule has 0 bridgehead atoms. The van der Waals surface area contributed by atoms with Crippen LogP contribution in [0.4, 0.5) is 11.8 Å². The molecule has 4 saturated heterocycles. The quantitative estimate of drug-likeness (QED) is 0.650. The van der Waals surface area contributed by atoms with Crippen LogP contribution in [-0.2, 0) is 14.2 Å². The molecule has 1 aromatic rings. The van der Waals surface area contributed by atoms with Crippen molar-refractivity contribution < 1.29 is 19.3 Å². The number of hydrogen-bond donors (Lipinski definition) is 2. The summed E-state index contributed by atoms with van der Waals surface area (Å²) >= 11 is 0. The number of rotatable bonds is 5. The Morgan fingerprint density at radius 3 is 2.46 bits per heavy atom. The molecule has 5 aliphatic rings. The number of piperidine rings is 1. The SMILES string of the molecule is O[C@@H]1[C@H]2OC3(CCCCC3)O[C@H]2O[C@@H]1CN1CCC(Nc2nccc(N3CCCCCC3)n2)CC1. The number of aliphatic hydroxyl groups excluding tert-OH is 1. The smallest absolute Gasteiger partial charge is 0.224 e. The van der Waals surface area contributed by atoms with Gasteiger partial charge in [-0.1, -0.05) is 19.3 Å². The molecule has 4 atom stereocenters. The van der Waals surface area contributed by atoms with Gasteiger partial charge in [0.2, 0.25) is 5.95 Å². The van der Waals surface area contributed by atoms with Crippen molar-refractivity contribution in [3.8, 4) is 0 Å². The predicted molar refractivity (Wildman–Crippen MR) is 132 cm³/mol. The van der Waals surface area contributed by atoms with Crippen molar-refractivity contribution in [1.29, 1.82) is 0 Å². The second-order valence-electron chi connectivity index (χ2n) is 11.1. The van der Waals surface area contributed by atoms with Gasteiger partial charge in [0.05, 0.1) is 0 Å². The Labute approximate surface area is 208 Å². The van der Waals surface area contributed by atoms with Crippen LogP contribution in [0.5, 0.6) is 0 Å². The largest absolute Gasteiger partial charge is 0.387 e. The number of aromatic nitrogens is 2. The van der Waals surface area contributed by atoms with Crippen molar-refractivity contribution in [3.63, 3.8) is 0 Å². The van der Waals surface area contributed by atoms with E-state index in [9.17, 15) is 5.11 Å². The lowest BCUT2D eigenvalue weighted by Gasteiger charge is -2.36. The first-order valence-electron chi connectivity index (χ1n) is 13.9. The van der Waals surface area contributed by atoms with Crippen molar-refractivity contribution in [3.05, 3.63) is 12.3 Å². The van der Waals surface area contributed by atoms with Crippen molar-refractivity contribution in [2.75, 3.05) is 42.9 Å². The number of anilines is 2. The van der Waals surface area contributed by atoms with Crippen LogP contribution < -0.4 is 10.2 Å². The van der Waals surface area contributed by atoms with Crippen LogP contribution >= 0.6 is 0 Å². The van der Waals surface area contributed by atoms with Crippen LogP contribution in [0.15, 0.2) is 12.3 Å². The Hall–Kier alpha value is -1.52. The van der Waals surface area contributed by atoms with E-state index in [4.69, 9.17) is 19.2 Å². The van der Waals surface area contributed by atoms with E-state index in [1.807, 2.05) is 12.3 Å². The van der Waals surface area contributed by atoms with Gasteiger partial charge in [0.25, 0.3) is 0 Å². The lowest BCUT2D eigenvalue weighted by atomic mass is 9.94. The highest BCUT2D eigenvalue weighted by atomic mass is 16.8. The van der Waals surface area contributed by atoms with Crippen molar-refractivity contribution >= 4 is 11.8 Å². The van der Waals surface area contributed by atoms with Gasteiger partial charge in [-0.05, 0) is 44.6 Å².